The molecule has 0 fully saturated rings. The number of rotatable bonds is 3. The van der Waals surface area contributed by atoms with Gasteiger partial charge in [0.05, 0.1) is 0 Å². The first kappa shape index (κ1) is 12.4. The second kappa shape index (κ2) is 11.5. The molecule has 62 valence electrons. The smallest absolute Gasteiger partial charge is 0.232 e. The van der Waals surface area contributed by atoms with Crippen molar-refractivity contribution in [2.45, 2.75) is 19.8 Å². The predicted octanol–water partition coefficient (Wildman–Crippen LogP) is 0.489. The molecule has 4 heteroatoms. The molecule has 0 radical (unpaired) electrons. The fourth-order valence-electron chi connectivity index (χ4n) is 0.158. The molecular weight excluding hydrogens is 154 g/mol. The van der Waals surface area contributed by atoms with E-state index in [9.17, 15) is 4.79 Å². The Morgan fingerprint density at radius 3 is 2.10 bits per heavy atom. The monoisotopic (exact) mass is 167 g/mol. The lowest BCUT2D eigenvalue weighted by Crippen LogP contribution is -2.10. The maximum Gasteiger partial charge on any atom is 0.232 e. The number of aliphatic hydroxyl groups excluding tert-OH is 1. The highest BCUT2D eigenvalue weighted by atomic mass is 35.5. The normalized spacial score (nSPS) is 7.90. The number of carbonyl (C=O) groups is 1. The average molecular weight is 168 g/mol. The summed E-state index contributed by atoms with van der Waals surface area (Å²) in [5, 5.41) is 8.07. The molecule has 0 aromatic heterocycles. The molecule has 0 rings (SSSR count). The fourth-order valence-corrected chi connectivity index (χ4v) is 0.158. The van der Waals surface area contributed by atoms with E-state index < -0.39 is 5.91 Å². The van der Waals surface area contributed by atoms with Gasteiger partial charge in [-0.2, -0.15) is 0 Å². The Kier molecular flexibility index (Phi) is 14.3. The molecule has 10 heavy (non-hydrogen) atoms. The molecule has 0 aliphatic heterocycles. The first-order valence-electron chi connectivity index (χ1n) is 3.14. The number of hydrogen-bond donors (Lipinski definition) is 2. The summed E-state index contributed by atoms with van der Waals surface area (Å²) in [6, 6.07) is 0. The van der Waals surface area contributed by atoms with Gasteiger partial charge in [-0.1, -0.05) is 13.3 Å². The van der Waals surface area contributed by atoms with Crippen LogP contribution in [0.25, 0.3) is 0 Å². The second-order valence-corrected chi connectivity index (χ2v) is 1.94. The summed E-state index contributed by atoms with van der Waals surface area (Å²) in [4.78, 5) is 9.46. The van der Waals surface area contributed by atoms with Gasteiger partial charge in [-0.15, -0.1) is 11.6 Å². The molecule has 3 N–H and O–H groups in total. The van der Waals surface area contributed by atoms with Gasteiger partial charge in [0.1, 0.15) is 5.88 Å². The van der Waals surface area contributed by atoms with Crippen LogP contribution in [-0.2, 0) is 4.79 Å². The van der Waals surface area contributed by atoms with Crippen molar-refractivity contribution in [3.8, 4) is 0 Å². The summed E-state index contributed by atoms with van der Waals surface area (Å²) >= 11 is 4.86. The summed E-state index contributed by atoms with van der Waals surface area (Å²) in [7, 11) is 0. The Hall–Kier alpha value is -0.280. The molecule has 0 aliphatic rings. The average Bonchev–Trinajstić information content (AvgIpc) is 1.91. The SMILES string of the molecule is CCCCO.NC(=O)CCl. The number of unbranched alkanes of at least 4 members (excludes halogenated alkanes) is 1. The molecule has 0 aromatic carbocycles. The highest BCUT2D eigenvalue weighted by Crippen LogP contribution is 1.78. The minimum Gasteiger partial charge on any atom is -0.396 e. The lowest BCUT2D eigenvalue weighted by molar-refractivity contribution is -0.115. The van der Waals surface area contributed by atoms with E-state index >= 15 is 0 Å². The molecule has 0 saturated carbocycles. The lowest BCUT2D eigenvalue weighted by atomic mass is 10.4. The van der Waals surface area contributed by atoms with E-state index in [4.69, 9.17) is 16.7 Å². The van der Waals surface area contributed by atoms with Gasteiger partial charge in [-0.05, 0) is 6.42 Å². The zero-order valence-corrected chi connectivity index (χ0v) is 6.90. The largest absolute Gasteiger partial charge is 0.396 e. The Morgan fingerprint density at radius 1 is 1.70 bits per heavy atom. The molecule has 0 atom stereocenters. The highest BCUT2D eigenvalue weighted by Gasteiger charge is 1.79. The maximum absolute atomic E-state index is 9.46. The van der Waals surface area contributed by atoms with Gasteiger partial charge >= 0.3 is 0 Å². The Labute approximate surface area is 66.2 Å². The van der Waals surface area contributed by atoms with Crippen molar-refractivity contribution in [1.29, 1.82) is 0 Å². The van der Waals surface area contributed by atoms with Crippen LogP contribution in [0.5, 0.6) is 0 Å². The summed E-state index contributed by atoms with van der Waals surface area (Å²) < 4.78 is 0. The van der Waals surface area contributed by atoms with E-state index in [1.807, 2.05) is 0 Å². The number of alkyl halides is 1. The van der Waals surface area contributed by atoms with Crippen molar-refractivity contribution < 1.29 is 9.90 Å². The van der Waals surface area contributed by atoms with Gasteiger partial charge in [0.15, 0.2) is 0 Å². The van der Waals surface area contributed by atoms with E-state index in [0.717, 1.165) is 12.8 Å². The molecule has 1 amide bonds. The maximum atomic E-state index is 9.46. The van der Waals surface area contributed by atoms with Crippen molar-refractivity contribution in [2.24, 2.45) is 5.73 Å². The summed E-state index contributed by atoms with van der Waals surface area (Å²) in [5.74, 6) is -0.563. The molecule has 0 aromatic rings. The first-order valence-corrected chi connectivity index (χ1v) is 3.67. The van der Waals surface area contributed by atoms with E-state index in [2.05, 4.69) is 12.7 Å². The summed E-state index contributed by atoms with van der Waals surface area (Å²) in [5.41, 5.74) is 4.52. The number of carbonyl (C=O) groups excluding carboxylic acids is 1. The quantitative estimate of drug-likeness (QED) is 0.601. The van der Waals surface area contributed by atoms with Crippen LogP contribution in [0.2, 0.25) is 0 Å². The van der Waals surface area contributed by atoms with Crippen molar-refractivity contribution in [3.63, 3.8) is 0 Å². The van der Waals surface area contributed by atoms with Gasteiger partial charge < -0.3 is 10.8 Å². The van der Waals surface area contributed by atoms with Crippen molar-refractivity contribution >= 4 is 17.5 Å². The van der Waals surface area contributed by atoms with Crippen LogP contribution in [0, 0.1) is 0 Å². The summed E-state index contributed by atoms with van der Waals surface area (Å²) in [6.07, 6.45) is 2.04. The molecule has 0 spiro atoms. The Morgan fingerprint density at radius 2 is 2.10 bits per heavy atom. The minimum absolute atomic E-state index is 0.0833. The van der Waals surface area contributed by atoms with E-state index in [1.165, 1.54) is 0 Å². The van der Waals surface area contributed by atoms with Crippen LogP contribution in [0.15, 0.2) is 0 Å². The summed E-state index contributed by atoms with van der Waals surface area (Å²) in [6.45, 7) is 2.40. The topological polar surface area (TPSA) is 63.3 Å². The van der Waals surface area contributed by atoms with Crippen LogP contribution < -0.4 is 5.73 Å². The molecule has 3 nitrogen and oxygen atoms in total. The van der Waals surface area contributed by atoms with Crippen LogP contribution in [0.3, 0.4) is 0 Å². The second-order valence-electron chi connectivity index (χ2n) is 1.68. The van der Waals surface area contributed by atoms with Gasteiger partial charge in [0.2, 0.25) is 5.91 Å². The molecular formula is C6H14ClNO2. The standard InChI is InChI=1S/C4H10O.C2H4ClNO/c1-2-3-4-5;3-1-2(4)5/h5H,2-4H2,1H3;1H2,(H2,4,5). The molecule has 0 aliphatic carbocycles. The zero-order valence-electron chi connectivity index (χ0n) is 6.14. The zero-order chi connectivity index (χ0) is 8.41. The third-order valence-electron chi connectivity index (χ3n) is 0.643. The van der Waals surface area contributed by atoms with Crippen LogP contribution in [0.4, 0.5) is 0 Å². The number of primary amides is 1. The third kappa shape index (κ3) is 25.2. The number of aliphatic hydroxyl groups is 1. The first-order chi connectivity index (χ1) is 4.68. The minimum atomic E-state index is -0.480. The van der Waals surface area contributed by atoms with Crippen LogP contribution in [-0.4, -0.2) is 23.5 Å². The number of nitrogens with two attached hydrogens (primary N) is 1. The van der Waals surface area contributed by atoms with E-state index in [-0.39, 0.29) is 5.88 Å². The predicted molar refractivity (Wildman–Crippen MR) is 41.9 cm³/mol. The molecule has 0 heterocycles. The van der Waals surface area contributed by atoms with Gasteiger partial charge in [-0.3, -0.25) is 4.79 Å². The van der Waals surface area contributed by atoms with E-state index in [1.54, 1.807) is 0 Å². The number of hydrogen-bond acceptors (Lipinski definition) is 2. The van der Waals surface area contributed by atoms with Gasteiger partial charge in [0.25, 0.3) is 0 Å². The van der Waals surface area contributed by atoms with Crippen molar-refractivity contribution in [3.05, 3.63) is 0 Å². The van der Waals surface area contributed by atoms with Crippen molar-refractivity contribution in [1.82, 2.24) is 0 Å². The third-order valence-corrected chi connectivity index (χ3v) is 0.907. The Bertz CT molecular complexity index is 76.1. The van der Waals surface area contributed by atoms with Gasteiger partial charge in [0, 0.05) is 6.61 Å². The molecule has 0 saturated heterocycles. The highest BCUT2D eigenvalue weighted by molar-refractivity contribution is 6.27. The van der Waals surface area contributed by atoms with Gasteiger partial charge in [-0.25, -0.2) is 0 Å². The molecule has 0 bridgehead atoms. The molecule has 0 unspecified atom stereocenters. The fraction of sp³-hybridized carbons (Fsp3) is 0.833. The number of halogens is 1. The van der Waals surface area contributed by atoms with Crippen molar-refractivity contribution in [2.75, 3.05) is 12.5 Å². The van der Waals surface area contributed by atoms with Crippen LogP contribution in [0.1, 0.15) is 19.8 Å². The Balaban J connectivity index is 0. The lowest BCUT2D eigenvalue weighted by Gasteiger charge is -1.79. The number of amides is 1. The van der Waals surface area contributed by atoms with Crippen LogP contribution >= 0.6 is 11.6 Å². The van der Waals surface area contributed by atoms with E-state index in [0.29, 0.717) is 6.61 Å².